The second-order valence-corrected chi connectivity index (χ2v) is 5.06. The first-order valence-corrected chi connectivity index (χ1v) is 6.40. The van der Waals surface area contributed by atoms with Gasteiger partial charge in [0.15, 0.2) is 5.82 Å². The molecule has 0 radical (unpaired) electrons. The first-order chi connectivity index (χ1) is 9.06. The van der Waals surface area contributed by atoms with E-state index < -0.39 is 0 Å². The summed E-state index contributed by atoms with van der Waals surface area (Å²) in [5.41, 5.74) is 7.49. The highest BCUT2D eigenvalue weighted by molar-refractivity contribution is 6.30. The van der Waals surface area contributed by atoms with Crippen LogP contribution < -0.4 is 5.73 Å². The van der Waals surface area contributed by atoms with Gasteiger partial charge in [-0.1, -0.05) is 35.9 Å². The quantitative estimate of drug-likeness (QED) is 0.864. The van der Waals surface area contributed by atoms with Gasteiger partial charge in [0.1, 0.15) is 0 Å². The molecule has 100 valence electrons. The molecule has 2 aromatic carbocycles. The van der Waals surface area contributed by atoms with E-state index in [1.165, 1.54) is 0 Å². The van der Waals surface area contributed by atoms with Crippen molar-refractivity contribution in [3.05, 3.63) is 64.4 Å². The van der Waals surface area contributed by atoms with E-state index in [9.17, 15) is 4.39 Å². The molecule has 4 heteroatoms. The zero-order chi connectivity index (χ0) is 13.8. The molecular formula is C15H16ClFN2. The van der Waals surface area contributed by atoms with Crippen LogP contribution in [0.4, 0.5) is 10.1 Å². The standard InChI is InChI=1S/C15H16ClFN2/c1-19(9-11-5-7-13(16)8-6-11)10-12-3-2-4-14(18)15(12)17/h2-8H,9-10,18H2,1H3. The van der Waals surface area contributed by atoms with Crippen molar-refractivity contribution in [3.8, 4) is 0 Å². The highest BCUT2D eigenvalue weighted by atomic mass is 35.5. The molecule has 0 unspecified atom stereocenters. The number of rotatable bonds is 4. The van der Waals surface area contributed by atoms with Crippen LogP contribution in [0.1, 0.15) is 11.1 Å². The third kappa shape index (κ3) is 3.69. The van der Waals surface area contributed by atoms with E-state index in [4.69, 9.17) is 17.3 Å². The molecule has 0 aliphatic heterocycles. The number of anilines is 1. The molecular weight excluding hydrogens is 263 g/mol. The summed E-state index contributed by atoms with van der Waals surface area (Å²) in [6.07, 6.45) is 0. The third-order valence-corrected chi connectivity index (χ3v) is 3.17. The van der Waals surface area contributed by atoms with Gasteiger partial charge in [-0.2, -0.15) is 0 Å². The van der Waals surface area contributed by atoms with Crippen molar-refractivity contribution in [2.24, 2.45) is 0 Å². The van der Waals surface area contributed by atoms with Crippen LogP contribution in [0.5, 0.6) is 0 Å². The molecule has 0 saturated heterocycles. The Bertz CT molecular complexity index is 555. The van der Waals surface area contributed by atoms with E-state index in [1.807, 2.05) is 36.2 Å². The van der Waals surface area contributed by atoms with Gasteiger partial charge >= 0.3 is 0 Å². The minimum Gasteiger partial charge on any atom is -0.396 e. The van der Waals surface area contributed by atoms with Gasteiger partial charge in [-0.05, 0) is 30.8 Å². The van der Waals surface area contributed by atoms with E-state index in [-0.39, 0.29) is 11.5 Å². The third-order valence-electron chi connectivity index (χ3n) is 2.91. The molecule has 0 heterocycles. The summed E-state index contributed by atoms with van der Waals surface area (Å²) < 4.78 is 13.8. The lowest BCUT2D eigenvalue weighted by molar-refractivity contribution is 0.314. The highest BCUT2D eigenvalue weighted by Crippen LogP contribution is 2.17. The molecule has 0 aliphatic rings. The normalized spacial score (nSPS) is 10.9. The highest BCUT2D eigenvalue weighted by Gasteiger charge is 2.08. The second-order valence-electron chi connectivity index (χ2n) is 4.62. The van der Waals surface area contributed by atoms with Gasteiger partial charge in [0.2, 0.25) is 0 Å². The summed E-state index contributed by atoms with van der Waals surface area (Å²) >= 11 is 5.84. The monoisotopic (exact) mass is 278 g/mol. The van der Waals surface area contributed by atoms with Gasteiger partial charge in [-0.15, -0.1) is 0 Å². The van der Waals surface area contributed by atoms with Crippen LogP contribution in [0.2, 0.25) is 5.02 Å². The summed E-state index contributed by atoms with van der Waals surface area (Å²) in [4.78, 5) is 2.03. The molecule has 0 aromatic heterocycles. The fourth-order valence-corrected chi connectivity index (χ4v) is 2.10. The van der Waals surface area contributed by atoms with Crippen molar-refractivity contribution in [1.82, 2.24) is 4.90 Å². The smallest absolute Gasteiger partial charge is 0.150 e. The number of halogens is 2. The SMILES string of the molecule is CN(Cc1ccc(Cl)cc1)Cc1cccc(N)c1F. The van der Waals surface area contributed by atoms with Gasteiger partial charge in [0, 0.05) is 23.7 Å². The summed E-state index contributed by atoms with van der Waals surface area (Å²) in [6.45, 7) is 1.24. The maximum absolute atomic E-state index is 13.8. The van der Waals surface area contributed by atoms with Gasteiger partial charge in [0.05, 0.1) is 5.69 Å². The van der Waals surface area contributed by atoms with E-state index in [1.54, 1.807) is 18.2 Å². The Morgan fingerprint density at radius 2 is 1.79 bits per heavy atom. The number of nitrogen functional groups attached to an aromatic ring is 1. The second kappa shape index (κ2) is 6.04. The van der Waals surface area contributed by atoms with Crippen LogP contribution in [-0.2, 0) is 13.1 Å². The molecule has 0 fully saturated rings. The van der Waals surface area contributed by atoms with Crippen molar-refractivity contribution >= 4 is 17.3 Å². The molecule has 2 N–H and O–H groups in total. The lowest BCUT2D eigenvalue weighted by atomic mass is 10.1. The van der Waals surface area contributed by atoms with E-state index in [2.05, 4.69) is 0 Å². The Morgan fingerprint density at radius 1 is 1.11 bits per heavy atom. The Morgan fingerprint density at radius 3 is 2.47 bits per heavy atom. The van der Waals surface area contributed by atoms with Gasteiger partial charge in [-0.3, -0.25) is 4.90 Å². The van der Waals surface area contributed by atoms with Crippen LogP contribution >= 0.6 is 11.6 Å². The lowest BCUT2D eigenvalue weighted by Gasteiger charge is -2.17. The number of benzene rings is 2. The van der Waals surface area contributed by atoms with Crippen molar-refractivity contribution in [3.63, 3.8) is 0 Å². The van der Waals surface area contributed by atoms with Crippen LogP contribution in [0.3, 0.4) is 0 Å². The zero-order valence-corrected chi connectivity index (χ0v) is 11.5. The zero-order valence-electron chi connectivity index (χ0n) is 10.7. The Hall–Kier alpha value is -1.58. The predicted octanol–water partition coefficient (Wildman–Crippen LogP) is 3.69. The summed E-state index contributed by atoms with van der Waals surface area (Å²) in [5, 5.41) is 0.716. The maximum Gasteiger partial charge on any atom is 0.150 e. The topological polar surface area (TPSA) is 29.3 Å². The molecule has 0 bridgehead atoms. The number of nitrogens with zero attached hydrogens (tertiary/aromatic N) is 1. The van der Waals surface area contributed by atoms with E-state index >= 15 is 0 Å². The molecule has 0 saturated carbocycles. The van der Waals surface area contributed by atoms with Gasteiger partial charge < -0.3 is 5.73 Å². The van der Waals surface area contributed by atoms with Crippen molar-refractivity contribution in [2.45, 2.75) is 13.1 Å². The molecule has 2 aromatic rings. The molecule has 0 aliphatic carbocycles. The van der Waals surface area contributed by atoms with Crippen molar-refractivity contribution < 1.29 is 4.39 Å². The number of hydrogen-bond donors (Lipinski definition) is 1. The van der Waals surface area contributed by atoms with Crippen molar-refractivity contribution in [1.29, 1.82) is 0 Å². The summed E-state index contributed by atoms with van der Waals surface area (Å²) in [6, 6.07) is 12.7. The summed E-state index contributed by atoms with van der Waals surface area (Å²) in [5.74, 6) is -0.328. The molecule has 0 atom stereocenters. The van der Waals surface area contributed by atoms with Gasteiger partial charge in [-0.25, -0.2) is 4.39 Å². The molecule has 0 amide bonds. The Kier molecular flexibility index (Phi) is 4.40. The average molecular weight is 279 g/mol. The number of hydrogen-bond acceptors (Lipinski definition) is 2. The van der Waals surface area contributed by atoms with E-state index in [0.29, 0.717) is 17.1 Å². The predicted molar refractivity (Wildman–Crippen MR) is 77.4 cm³/mol. The van der Waals surface area contributed by atoms with Crippen LogP contribution in [-0.4, -0.2) is 11.9 Å². The van der Waals surface area contributed by atoms with Crippen molar-refractivity contribution in [2.75, 3.05) is 12.8 Å². The number of nitrogens with two attached hydrogens (primary N) is 1. The molecule has 0 spiro atoms. The minimum absolute atomic E-state index is 0.192. The largest absolute Gasteiger partial charge is 0.396 e. The molecule has 19 heavy (non-hydrogen) atoms. The van der Waals surface area contributed by atoms with Gasteiger partial charge in [0.25, 0.3) is 0 Å². The van der Waals surface area contributed by atoms with E-state index in [0.717, 1.165) is 12.1 Å². The maximum atomic E-state index is 13.8. The van der Waals surface area contributed by atoms with Crippen LogP contribution in [0.25, 0.3) is 0 Å². The first kappa shape index (κ1) is 13.8. The molecule has 2 nitrogen and oxygen atoms in total. The van der Waals surface area contributed by atoms with Crippen LogP contribution in [0, 0.1) is 5.82 Å². The van der Waals surface area contributed by atoms with Crippen LogP contribution in [0.15, 0.2) is 42.5 Å². The first-order valence-electron chi connectivity index (χ1n) is 6.02. The Balaban J connectivity index is 2.03. The minimum atomic E-state index is -0.328. The fourth-order valence-electron chi connectivity index (χ4n) is 1.97. The lowest BCUT2D eigenvalue weighted by Crippen LogP contribution is -2.18. The fraction of sp³-hybridized carbons (Fsp3) is 0.200. The average Bonchev–Trinajstić information content (AvgIpc) is 2.38. The summed E-state index contributed by atoms with van der Waals surface area (Å²) in [7, 11) is 1.94. The molecule has 2 rings (SSSR count). The Labute approximate surface area is 117 Å².